The molecule has 0 unspecified atom stereocenters. The third-order valence-corrected chi connectivity index (χ3v) is 5.67. The van der Waals surface area contributed by atoms with E-state index in [1.807, 2.05) is 24.3 Å². The molecule has 0 spiro atoms. The first-order valence-electron chi connectivity index (χ1n) is 9.97. The monoisotopic (exact) mass is 392 g/mol. The summed E-state index contributed by atoms with van der Waals surface area (Å²) in [6.45, 7) is 1.96. The Balaban J connectivity index is 1.43. The maximum atomic E-state index is 13.6. The first-order chi connectivity index (χ1) is 14.1. The quantitative estimate of drug-likeness (QED) is 0.481. The molecule has 4 rings (SSSR count). The number of ether oxygens (including phenoxy) is 1. The normalized spacial score (nSPS) is 17.7. The molecule has 4 nitrogen and oxygen atoms in total. The standard InChI is InChI=1S/C24H25FN2O2/c1-29-24(28)22(25)13-17-8-10-18(11-9-17)16-27-12-4-5-20(27)14-19-15-26-23-7-3-2-6-21(19)23/h2-3,6-11,13,15,20,26H,4-5,12,14,16H2,1H3/t20-/m1/s1. The average molecular weight is 392 g/mol. The van der Waals surface area contributed by atoms with Crippen molar-refractivity contribution in [2.45, 2.75) is 31.8 Å². The second kappa shape index (κ2) is 8.62. The number of likely N-dealkylation sites (tertiary alicyclic amines) is 1. The smallest absolute Gasteiger partial charge is 0.366 e. The number of hydrogen-bond acceptors (Lipinski definition) is 3. The van der Waals surface area contributed by atoms with E-state index in [0.29, 0.717) is 11.6 Å². The number of esters is 1. The molecule has 3 aromatic rings. The molecule has 2 aromatic carbocycles. The van der Waals surface area contributed by atoms with Crippen LogP contribution in [0.1, 0.15) is 29.5 Å². The summed E-state index contributed by atoms with van der Waals surface area (Å²) < 4.78 is 18.0. The van der Waals surface area contributed by atoms with Crippen LogP contribution >= 0.6 is 0 Å². The zero-order valence-electron chi connectivity index (χ0n) is 16.5. The molecule has 2 heterocycles. The van der Waals surface area contributed by atoms with E-state index >= 15 is 0 Å². The van der Waals surface area contributed by atoms with Gasteiger partial charge in [-0.05, 0) is 54.6 Å². The first-order valence-corrected chi connectivity index (χ1v) is 9.97. The second-order valence-corrected chi connectivity index (χ2v) is 7.56. The Labute approximate surface area is 170 Å². The Kier molecular flexibility index (Phi) is 5.76. The predicted octanol–water partition coefficient (Wildman–Crippen LogP) is 4.86. The van der Waals surface area contributed by atoms with E-state index < -0.39 is 11.8 Å². The fourth-order valence-electron chi connectivity index (χ4n) is 4.15. The van der Waals surface area contributed by atoms with Gasteiger partial charge in [-0.15, -0.1) is 0 Å². The van der Waals surface area contributed by atoms with Crippen LogP contribution < -0.4 is 0 Å². The zero-order valence-corrected chi connectivity index (χ0v) is 16.5. The number of carbonyl (C=O) groups excluding carboxylic acids is 1. The number of aromatic nitrogens is 1. The summed E-state index contributed by atoms with van der Waals surface area (Å²) in [5.74, 6) is -1.84. The summed E-state index contributed by atoms with van der Waals surface area (Å²) in [6.07, 6.45) is 6.78. The van der Waals surface area contributed by atoms with Crippen LogP contribution in [-0.2, 0) is 22.5 Å². The largest absolute Gasteiger partial charge is 0.464 e. The number of rotatable bonds is 6. The van der Waals surface area contributed by atoms with Gasteiger partial charge in [0, 0.05) is 29.7 Å². The summed E-state index contributed by atoms with van der Waals surface area (Å²) in [6, 6.07) is 16.6. The van der Waals surface area contributed by atoms with E-state index in [9.17, 15) is 9.18 Å². The molecule has 150 valence electrons. The molecule has 0 bridgehead atoms. The Morgan fingerprint density at radius 1 is 1.24 bits per heavy atom. The molecule has 29 heavy (non-hydrogen) atoms. The van der Waals surface area contributed by atoms with E-state index in [0.717, 1.165) is 19.5 Å². The fourth-order valence-corrected chi connectivity index (χ4v) is 4.15. The van der Waals surface area contributed by atoms with E-state index in [2.05, 4.69) is 45.1 Å². The predicted molar refractivity (Wildman–Crippen MR) is 113 cm³/mol. The molecule has 5 heteroatoms. The van der Waals surface area contributed by atoms with Gasteiger partial charge in [0.15, 0.2) is 0 Å². The van der Waals surface area contributed by atoms with E-state index in [-0.39, 0.29) is 0 Å². The minimum Gasteiger partial charge on any atom is -0.464 e. The fraction of sp³-hybridized carbons (Fsp3) is 0.292. The van der Waals surface area contributed by atoms with Gasteiger partial charge in [0.1, 0.15) is 0 Å². The van der Waals surface area contributed by atoms with Crippen molar-refractivity contribution in [3.63, 3.8) is 0 Å². The highest BCUT2D eigenvalue weighted by Crippen LogP contribution is 2.27. The van der Waals surface area contributed by atoms with Gasteiger partial charge in [-0.3, -0.25) is 4.90 Å². The molecule has 1 aliphatic rings. The maximum Gasteiger partial charge on any atom is 0.366 e. The molecule has 1 fully saturated rings. The molecule has 1 saturated heterocycles. The van der Waals surface area contributed by atoms with Crippen LogP contribution in [0, 0.1) is 0 Å². The summed E-state index contributed by atoms with van der Waals surface area (Å²) in [7, 11) is 1.17. The number of nitrogens with one attached hydrogen (secondary N) is 1. The van der Waals surface area contributed by atoms with Crippen LogP contribution in [0.25, 0.3) is 17.0 Å². The van der Waals surface area contributed by atoms with Gasteiger partial charge in [0.2, 0.25) is 5.83 Å². The number of hydrogen-bond donors (Lipinski definition) is 1. The van der Waals surface area contributed by atoms with Gasteiger partial charge in [-0.2, -0.15) is 4.39 Å². The van der Waals surface area contributed by atoms with Gasteiger partial charge in [-0.25, -0.2) is 4.79 Å². The van der Waals surface area contributed by atoms with Crippen molar-refractivity contribution in [2.75, 3.05) is 13.7 Å². The maximum absolute atomic E-state index is 13.6. The van der Waals surface area contributed by atoms with Crippen LogP contribution in [0.15, 0.2) is 60.6 Å². The molecule has 1 aromatic heterocycles. The van der Waals surface area contributed by atoms with Crippen molar-refractivity contribution in [2.24, 2.45) is 0 Å². The molecule has 0 radical (unpaired) electrons. The van der Waals surface area contributed by atoms with Crippen LogP contribution in [0.2, 0.25) is 0 Å². The number of para-hydroxylation sites is 1. The van der Waals surface area contributed by atoms with Gasteiger partial charge >= 0.3 is 5.97 Å². The highest BCUT2D eigenvalue weighted by atomic mass is 19.1. The molecule has 1 N–H and O–H groups in total. The van der Waals surface area contributed by atoms with Gasteiger partial charge in [0.25, 0.3) is 0 Å². The molecule has 1 atom stereocenters. The molecular weight excluding hydrogens is 367 g/mol. The van der Waals surface area contributed by atoms with Crippen molar-refractivity contribution in [1.29, 1.82) is 0 Å². The number of benzene rings is 2. The lowest BCUT2D eigenvalue weighted by molar-refractivity contribution is -0.137. The minimum absolute atomic E-state index is 0.519. The Morgan fingerprint density at radius 2 is 2.03 bits per heavy atom. The lowest BCUT2D eigenvalue weighted by Crippen LogP contribution is -2.30. The highest BCUT2D eigenvalue weighted by molar-refractivity contribution is 5.91. The second-order valence-electron chi connectivity index (χ2n) is 7.56. The third-order valence-electron chi connectivity index (χ3n) is 5.67. The van der Waals surface area contributed by atoms with Crippen molar-refractivity contribution in [3.05, 3.63) is 77.2 Å². The highest BCUT2D eigenvalue weighted by Gasteiger charge is 2.25. The van der Waals surface area contributed by atoms with Crippen LogP contribution in [0.5, 0.6) is 0 Å². The zero-order chi connectivity index (χ0) is 20.2. The van der Waals surface area contributed by atoms with Crippen molar-refractivity contribution < 1.29 is 13.9 Å². The third kappa shape index (κ3) is 4.40. The van der Waals surface area contributed by atoms with Gasteiger partial charge in [-0.1, -0.05) is 42.5 Å². The number of methoxy groups -OCH3 is 1. The lowest BCUT2D eigenvalue weighted by Gasteiger charge is -2.24. The van der Waals surface area contributed by atoms with Gasteiger partial charge < -0.3 is 9.72 Å². The number of carbonyl (C=O) groups is 1. The Morgan fingerprint density at radius 3 is 2.83 bits per heavy atom. The minimum atomic E-state index is -0.953. The summed E-state index contributed by atoms with van der Waals surface area (Å²) in [4.78, 5) is 17.1. The van der Waals surface area contributed by atoms with Crippen molar-refractivity contribution in [1.82, 2.24) is 9.88 Å². The SMILES string of the molecule is COC(=O)C(F)=Cc1ccc(CN2CCC[C@@H]2Cc2c[nH]c3ccccc23)cc1. The number of nitrogens with zero attached hydrogens (tertiary/aromatic N) is 1. The first kappa shape index (κ1) is 19.4. The summed E-state index contributed by atoms with van der Waals surface area (Å²) in [5, 5.41) is 1.31. The summed E-state index contributed by atoms with van der Waals surface area (Å²) >= 11 is 0. The Hall–Kier alpha value is -2.92. The topological polar surface area (TPSA) is 45.3 Å². The van der Waals surface area contributed by atoms with Crippen LogP contribution in [0.3, 0.4) is 0 Å². The summed E-state index contributed by atoms with van der Waals surface area (Å²) in [5.41, 5.74) is 4.39. The molecule has 1 aliphatic heterocycles. The Bertz CT molecular complexity index is 1020. The average Bonchev–Trinajstić information content (AvgIpc) is 3.36. The van der Waals surface area contributed by atoms with Crippen LogP contribution in [0.4, 0.5) is 4.39 Å². The van der Waals surface area contributed by atoms with Crippen molar-refractivity contribution in [3.8, 4) is 0 Å². The number of H-pyrrole nitrogens is 1. The van der Waals surface area contributed by atoms with Crippen molar-refractivity contribution >= 4 is 22.9 Å². The number of aromatic amines is 1. The molecular formula is C24H25FN2O2. The molecule has 0 aliphatic carbocycles. The van der Waals surface area contributed by atoms with Gasteiger partial charge in [0.05, 0.1) is 7.11 Å². The molecule has 0 amide bonds. The number of halogens is 1. The van der Waals surface area contributed by atoms with E-state index in [1.54, 1.807) is 0 Å². The van der Waals surface area contributed by atoms with E-state index in [4.69, 9.17) is 0 Å². The lowest BCUT2D eigenvalue weighted by atomic mass is 10.0. The number of fused-ring (bicyclic) bond motifs is 1. The molecule has 0 saturated carbocycles. The van der Waals surface area contributed by atoms with Crippen LogP contribution in [-0.4, -0.2) is 35.5 Å². The van der Waals surface area contributed by atoms with E-state index in [1.165, 1.54) is 48.1 Å².